The molecule has 5 unspecified atom stereocenters. The molecule has 2 aliphatic heterocycles. The van der Waals surface area contributed by atoms with Crippen LogP contribution in [-0.4, -0.2) is 94.0 Å². The Bertz CT molecular complexity index is 2170. The van der Waals surface area contributed by atoms with Gasteiger partial charge >= 0.3 is 12.4 Å². The third kappa shape index (κ3) is 9.24. The predicted molar refractivity (Wildman–Crippen MR) is 191 cm³/mol. The Morgan fingerprint density at radius 2 is 1.48 bits per heavy atom. The maximum atomic E-state index is 15.6. The van der Waals surface area contributed by atoms with Crippen LogP contribution in [0.5, 0.6) is 11.5 Å². The van der Waals surface area contributed by atoms with E-state index in [4.69, 9.17) is 20.9 Å². The standard InChI is InChI=1S/C33H38F6N6O8S3/c1-29(2,48)19-3-5-20(6-4-19)52-21-7-8-24(43-17-21)31(33(37,38)39,11-16-55(50)14-9-22(40)26(46)44-55)53-23-18-56(51,45-27(47)25(23)41)15-10-30(49,32(34,35)36)28-42-12-13-54-28/h3-8,12-13,17,22-23,25,48-49H,9-11,14-16,18,40-41H2,1-2H3/t22-,23?,25-,30?,31?,55?,56?/m0/s1. The summed E-state index contributed by atoms with van der Waals surface area (Å²) in [6, 6.07) is 4.99. The molecule has 23 heteroatoms. The highest BCUT2D eigenvalue weighted by Gasteiger charge is 2.61. The number of nitrogens with zero attached hydrogens (tertiary/aromatic N) is 4. The van der Waals surface area contributed by atoms with Crippen LogP contribution in [-0.2, 0) is 50.6 Å². The fourth-order valence-electron chi connectivity index (χ4n) is 5.89. The van der Waals surface area contributed by atoms with Crippen LogP contribution in [0.1, 0.15) is 49.4 Å². The SMILES string of the molecule is CC(C)(O)c1ccc(Oc2ccc(C(CCS3(=O)=NC(=O)[C@@H](N)CC3)(OC3CS(=O)(CCC(O)(c4nccs4)C(F)(F)F)=NC(=O)[C@H]3N)C(F)(F)F)nc2)cc1. The molecule has 0 aliphatic carbocycles. The number of carbonyl (C=O) groups excluding carboxylic acids is 2. The Kier molecular flexibility index (Phi) is 12.2. The molecule has 0 radical (unpaired) electrons. The number of amides is 2. The molecule has 0 saturated carbocycles. The van der Waals surface area contributed by atoms with Crippen molar-refractivity contribution in [1.29, 1.82) is 0 Å². The van der Waals surface area contributed by atoms with Crippen LogP contribution in [0.3, 0.4) is 0 Å². The van der Waals surface area contributed by atoms with Gasteiger partial charge in [-0.2, -0.15) is 35.1 Å². The minimum atomic E-state index is -5.47. The maximum Gasteiger partial charge on any atom is 0.423 e. The van der Waals surface area contributed by atoms with Gasteiger partial charge in [-0.15, -0.1) is 11.3 Å². The highest BCUT2D eigenvalue weighted by molar-refractivity contribution is 7.94. The molecule has 3 aromatic rings. The van der Waals surface area contributed by atoms with Crippen molar-refractivity contribution >= 4 is 42.6 Å². The van der Waals surface area contributed by atoms with E-state index >= 15 is 13.2 Å². The Morgan fingerprint density at radius 1 is 0.857 bits per heavy atom. The number of alkyl halides is 6. The Labute approximate surface area is 321 Å². The average Bonchev–Trinajstić information content (AvgIpc) is 3.65. The molecule has 6 N–H and O–H groups in total. The summed E-state index contributed by atoms with van der Waals surface area (Å²) < 4.78 is 135. The maximum absolute atomic E-state index is 15.6. The second-order valence-corrected chi connectivity index (χ2v) is 19.8. The minimum Gasteiger partial charge on any atom is -0.456 e. The lowest BCUT2D eigenvalue weighted by Gasteiger charge is -2.41. The first-order valence-corrected chi connectivity index (χ1v) is 21.3. The van der Waals surface area contributed by atoms with Gasteiger partial charge < -0.3 is 31.2 Å². The van der Waals surface area contributed by atoms with Gasteiger partial charge in [0.15, 0.2) is 0 Å². The third-order valence-electron chi connectivity index (χ3n) is 9.26. The molecule has 0 bridgehead atoms. The molecule has 2 aromatic heterocycles. The number of rotatable bonds is 13. The summed E-state index contributed by atoms with van der Waals surface area (Å²) >= 11 is 0.446. The van der Waals surface area contributed by atoms with Gasteiger partial charge in [0, 0.05) is 41.7 Å². The largest absolute Gasteiger partial charge is 0.456 e. The lowest BCUT2D eigenvalue weighted by atomic mass is 9.93. The van der Waals surface area contributed by atoms with Crippen molar-refractivity contribution in [3.63, 3.8) is 0 Å². The molecule has 0 saturated heterocycles. The number of thiazole rings is 1. The lowest BCUT2D eigenvalue weighted by molar-refractivity contribution is -0.299. The molecule has 308 valence electrons. The zero-order chi connectivity index (χ0) is 41.5. The van der Waals surface area contributed by atoms with Gasteiger partial charge in [-0.25, -0.2) is 13.4 Å². The van der Waals surface area contributed by atoms with Gasteiger partial charge in [0.25, 0.3) is 11.8 Å². The number of aliphatic hydroxyl groups is 2. The Balaban J connectivity index is 1.51. The van der Waals surface area contributed by atoms with Crippen LogP contribution in [0.15, 0.2) is 62.9 Å². The summed E-state index contributed by atoms with van der Waals surface area (Å²) in [6.45, 7) is 3.12. The van der Waals surface area contributed by atoms with Crippen molar-refractivity contribution in [2.24, 2.45) is 20.2 Å². The summed E-state index contributed by atoms with van der Waals surface area (Å²) in [5.74, 6) is -5.70. The fraction of sp³-hybridized carbons (Fsp3) is 0.515. The Hall–Kier alpha value is -3.58. The quantitative estimate of drug-likeness (QED) is 0.179. The number of halogens is 6. The van der Waals surface area contributed by atoms with Crippen molar-refractivity contribution in [2.45, 2.75) is 80.5 Å². The molecule has 0 spiro atoms. The second kappa shape index (κ2) is 15.6. The van der Waals surface area contributed by atoms with Crippen molar-refractivity contribution in [1.82, 2.24) is 9.97 Å². The molecular formula is C33H38F6N6O8S3. The molecule has 0 fully saturated rings. The van der Waals surface area contributed by atoms with Crippen LogP contribution in [0.4, 0.5) is 26.3 Å². The number of aromatic nitrogens is 2. The zero-order valence-electron chi connectivity index (χ0n) is 29.7. The summed E-state index contributed by atoms with van der Waals surface area (Å²) in [5.41, 5.74) is 2.86. The van der Waals surface area contributed by atoms with Gasteiger partial charge in [-0.3, -0.25) is 14.6 Å². The van der Waals surface area contributed by atoms with Crippen LogP contribution in [0.25, 0.3) is 0 Å². The van der Waals surface area contributed by atoms with Crippen LogP contribution < -0.4 is 16.2 Å². The van der Waals surface area contributed by atoms with Crippen molar-refractivity contribution in [3.8, 4) is 11.5 Å². The van der Waals surface area contributed by atoms with E-state index in [0.29, 0.717) is 16.9 Å². The highest BCUT2D eigenvalue weighted by Crippen LogP contribution is 2.47. The number of benzene rings is 1. The summed E-state index contributed by atoms with van der Waals surface area (Å²) in [5, 5.41) is 21.2. The van der Waals surface area contributed by atoms with Crippen molar-refractivity contribution in [3.05, 3.63) is 70.4 Å². The molecule has 5 rings (SSSR count). The fourth-order valence-corrected chi connectivity index (χ4v) is 10.9. The average molecular weight is 857 g/mol. The lowest BCUT2D eigenvalue weighted by Crippen LogP contribution is -2.57. The minimum absolute atomic E-state index is 0.0580. The number of hydrogen-bond donors (Lipinski definition) is 4. The van der Waals surface area contributed by atoms with E-state index in [1.54, 1.807) is 26.0 Å². The Morgan fingerprint density at radius 3 is 2.02 bits per heavy atom. The smallest absolute Gasteiger partial charge is 0.423 e. The number of pyridine rings is 1. The molecule has 14 nitrogen and oxygen atoms in total. The second-order valence-electron chi connectivity index (χ2n) is 13.8. The summed E-state index contributed by atoms with van der Waals surface area (Å²) in [6.07, 6.45) is -13.8. The molecule has 56 heavy (non-hydrogen) atoms. The van der Waals surface area contributed by atoms with E-state index in [0.717, 1.165) is 29.9 Å². The summed E-state index contributed by atoms with van der Waals surface area (Å²) in [7, 11) is -7.84. The molecule has 2 amide bonds. The topological polar surface area (TPSA) is 230 Å². The number of ether oxygens (including phenoxy) is 2. The monoisotopic (exact) mass is 856 g/mol. The first-order valence-electron chi connectivity index (χ1n) is 16.7. The van der Waals surface area contributed by atoms with Gasteiger partial charge in [-0.05, 0) is 50.1 Å². The van der Waals surface area contributed by atoms with E-state index < -0.39 is 119 Å². The molecule has 4 heterocycles. The van der Waals surface area contributed by atoms with E-state index in [2.05, 4.69) is 18.7 Å². The first kappa shape index (κ1) is 43.5. The van der Waals surface area contributed by atoms with Gasteiger partial charge in [0.1, 0.15) is 22.5 Å². The first-order chi connectivity index (χ1) is 25.8. The van der Waals surface area contributed by atoms with Gasteiger partial charge in [0.05, 0.1) is 54.8 Å². The van der Waals surface area contributed by atoms with Crippen LogP contribution in [0.2, 0.25) is 0 Å². The van der Waals surface area contributed by atoms with E-state index in [1.165, 1.54) is 12.1 Å². The number of nitrogens with two attached hydrogens (primary N) is 2. The van der Waals surface area contributed by atoms with Crippen molar-refractivity contribution in [2.75, 3.05) is 23.0 Å². The van der Waals surface area contributed by atoms with Crippen molar-refractivity contribution < 1.29 is 64.0 Å². The predicted octanol–water partition coefficient (Wildman–Crippen LogP) is 3.99. The van der Waals surface area contributed by atoms with Crippen LogP contribution >= 0.6 is 11.3 Å². The van der Waals surface area contributed by atoms with E-state index in [-0.39, 0.29) is 23.7 Å². The zero-order valence-corrected chi connectivity index (χ0v) is 32.1. The highest BCUT2D eigenvalue weighted by atomic mass is 32.2. The summed E-state index contributed by atoms with van der Waals surface area (Å²) in [4.78, 5) is 32.7. The van der Waals surface area contributed by atoms with Crippen LogP contribution in [0, 0.1) is 0 Å². The molecule has 7 atom stereocenters. The molecule has 1 aromatic carbocycles. The van der Waals surface area contributed by atoms with E-state index in [9.17, 15) is 41.4 Å². The van der Waals surface area contributed by atoms with E-state index in [1.807, 2.05) is 0 Å². The molecule has 2 aliphatic rings. The van der Waals surface area contributed by atoms with Gasteiger partial charge in [-0.1, -0.05) is 12.1 Å². The molecular weight excluding hydrogens is 819 g/mol. The number of carbonyl (C=O) groups is 2. The normalized spacial score (nSPS) is 27.1. The van der Waals surface area contributed by atoms with Gasteiger partial charge in [0.2, 0.25) is 11.2 Å². The number of hydrogen-bond acceptors (Lipinski definition) is 13. The third-order valence-corrected chi connectivity index (χ3v) is 14.6.